The van der Waals surface area contributed by atoms with Gasteiger partial charge in [-0.3, -0.25) is 4.79 Å². The van der Waals surface area contributed by atoms with Crippen LogP contribution in [0.5, 0.6) is 0 Å². The molecule has 4 rings (SSSR count). The minimum Gasteiger partial charge on any atom is -0.743 e. The van der Waals surface area contributed by atoms with Crippen LogP contribution in [-0.4, -0.2) is 60.5 Å². The second kappa shape index (κ2) is 10.0. The minimum absolute atomic E-state index is 0. The van der Waals surface area contributed by atoms with E-state index in [0.717, 1.165) is 6.42 Å². The summed E-state index contributed by atoms with van der Waals surface area (Å²) < 4.78 is 102. The summed E-state index contributed by atoms with van der Waals surface area (Å²) in [7, 11) is -6.61. The number of halogens is 4. The van der Waals surface area contributed by atoms with Crippen LogP contribution in [0.2, 0.25) is 0 Å². The molecular weight excluding hydrogens is 511 g/mol. The summed E-state index contributed by atoms with van der Waals surface area (Å²) in [6.07, 6.45) is 1.29. The Morgan fingerprint density at radius 1 is 1.03 bits per heavy atom. The van der Waals surface area contributed by atoms with Gasteiger partial charge in [0.15, 0.2) is 10.1 Å². The quantitative estimate of drug-likeness (QED) is 0.178. The first-order valence-corrected chi connectivity index (χ1v) is 12.4. The molecular formula is C21H29F4NaO8S. The molecule has 0 aliphatic heterocycles. The average molecular weight is 541 g/mol. The van der Waals surface area contributed by atoms with Crippen LogP contribution in [0.4, 0.5) is 17.6 Å². The second-order valence-corrected chi connectivity index (χ2v) is 12.3. The fourth-order valence-electron chi connectivity index (χ4n) is 5.92. The molecule has 4 saturated carbocycles. The molecule has 4 aliphatic carbocycles. The van der Waals surface area contributed by atoms with E-state index in [1.807, 2.05) is 0 Å². The summed E-state index contributed by atoms with van der Waals surface area (Å²) >= 11 is 0. The Morgan fingerprint density at radius 3 is 2.06 bits per heavy atom. The number of hydrogen-bond acceptors (Lipinski definition) is 8. The van der Waals surface area contributed by atoms with Crippen LogP contribution in [0.1, 0.15) is 65.7 Å². The molecule has 0 aromatic heterocycles. The number of rotatable bonds is 9. The van der Waals surface area contributed by atoms with E-state index < -0.39 is 62.9 Å². The van der Waals surface area contributed by atoms with E-state index in [9.17, 15) is 40.1 Å². The molecule has 14 heteroatoms. The van der Waals surface area contributed by atoms with Crippen molar-refractivity contribution < 1.29 is 83.9 Å². The molecule has 4 bridgehead atoms. The summed E-state index contributed by atoms with van der Waals surface area (Å²) in [6.45, 7) is 3.65. The van der Waals surface area contributed by atoms with Gasteiger partial charge in [0.2, 0.25) is 0 Å². The molecule has 196 valence electrons. The zero-order chi connectivity index (χ0) is 25.8. The van der Waals surface area contributed by atoms with Crippen molar-refractivity contribution >= 4 is 22.1 Å². The molecule has 8 nitrogen and oxygen atoms in total. The van der Waals surface area contributed by atoms with E-state index in [4.69, 9.17) is 14.2 Å². The standard InChI is InChI=1S/C21H30F4O8S.Na/c1-17(2,3)33-15(26)11-32-19-9-13-6-14(10-19)8-18(7-13,12-19)16(27)31-5-4-20(22,23)21(24,25)34(28,29)30;/h13-14H,4-12H2,1-3H3,(H,28,29,30);/q;+1/p-1. The number of carbonyl (C=O) groups excluding carboxylic acids is 2. The first-order valence-electron chi connectivity index (χ1n) is 11.0. The summed E-state index contributed by atoms with van der Waals surface area (Å²) in [5.41, 5.74) is -2.55. The van der Waals surface area contributed by atoms with E-state index in [0.29, 0.717) is 25.7 Å². The number of ether oxygens (including phenoxy) is 3. The van der Waals surface area contributed by atoms with Gasteiger partial charge in [-0.1, -0.05) is 0 Å². The Labute approximate surface area is 223 Å². The maximum atomic E-state index is 13.7. The van der Waals surface area contributed by atoms with Gasteiger partial charge in [-0.25, -0.2) is 13.2 Å². The van der Waals surface area contributed by atoms with Crippen LogP contribution in [-0.2, 0) is 33.9 Å². The van der Waals surface area contributed by atoms with Gasteiger partial charge in [-0.15, -0.1) is 0 Å². The van der Waals surface area contributed by atoms with Crippen molar-refractivity contribution in [2.45, 2.75) is 88.1 Å². The largest absolute Gasteiger partial charge is 1.00 e. The second-order valence-electron chi connectivity index (χ2n) is 10.9. The Bertz CT molecular complexity index is 920. The fourth-order valence-corrected chi connectivity index (χ4v) is 6.39. The molecule has 0 radical (unpaired) electrons. The molecule has 0 aromatic carbocycles. The zero-order valence-electron chi connectivity index (χ0n) is 20.2. The van der Waals surface area contributed by atoms with Gasteiger partial charge in [0.1, 0.15) is 12.2 Å². The first-order chi connectivity index (χ1) is 15.3. The van der Waals surface area contributed by atoms with E-state index >= 15 is 0 Å². The number of esters is 2. The van der Waals surface area contributed by atoms with Crippen LogP contribution in [0.15, 0.2) is 0 Å². The SMILES string of the molecule is CC(C)(C)OC(=O)COC12CC3CC(C1)CC(C(=O)OCCC(F)(F)C(F)(F)S(=O)(=O)[O-])(C3)C2.[Na+]. The Hall–Kier alpha value is -0.470. The molecule has 0 amide bonds. The van der Waals surface area contributed by atoms with Crippen LogP contribution in [0.3, 0.4) is 0 Å². The number of alkyl halides is 4. The molecule has 0 heterocycles. The molecule has 0 aromatic rings. The van der Waals surface area contributed by atoms with Crippen molar-refractivity contribution in [1.82, 2.24) is 0 Å². The van der Waals surface area contributed by atoms with Crippen LogP contribution >= 0.6 is 0 Å². The predicted octanol–water partition coefficient (Wildman–Crippen LogP) is 0.394. The third-order valence-corrected chi connectivity index (χ3v) is 7.67. The van der Waals surface area contributed by atoms with E-state index in [-0.39, 0.29) is 54.4 Å². The van der Waals surface area contributed by atoms with E-state index in [2.05, 4.69) is 0 Å². The monoisotopic (exact) mass is 540 g/mol. The molecule has 2 unspecified atom stereocenters. The molecule has 0 spiro atoms. The van der Waals surface area contributed by atoms with Gasteiger partial charge in [-0.05, 0) is 71.1 Å². The zero-order valence-corrected chi connectivity index (χ0v) is 23.0. The van der Waals surface area contributed by atoms with Gasteiger partial charge in [0, 0.05) is 0 Å². The topological polar surface area (TPSA) is 119 Å². The normalized spacial score (nSPS) is 30.5. The molecule has 35 heavy (non-hydrogen) atoms. The smallest absolute Gasteiger partial charge is 0.743 e. The number of hydrogen-bond donors (Lipinski definition) is 0. The van der Waals surface area contributed by atoms with Crippen molar-refractivity contribution in [2.75, 3.05) is 13.2 Å². The van der Waals surface area contributed by atoms with Gasteiger partial charge in [-0.2, -0.15) is 17.6 Å². The average Bonchev–Trinajstić information content (AvgIpc) is 2.63. The number of carbonyl (C=O) groups is 2. The van der Waals surface area contributed by atoms with Crippen LogP contribution < -0.4 is 29.6 Å². The minimum atomic E-state index is -6.61. The van der Waals surface area contributed by atoms with Gasteiger partial charge in [0.05, 0.1) is 24.0 Å². The Morgan fingerprint density at radius 2 is 1.57 bits per heavy atom. The van der Waals surface area contributed by atoms with E-state index in [1.165, 1.54) is 0 Å². The molecule has 0 saturated heterocycles. The molecule has 2 atom stereocenters. The summed E-state index contributed by atoms with van der Waals surface area (Å²) in [4.78, 5) is 25.0. The molecule has 4 aliphatic rings. The van der Waals surface area contributed by atoms with Crippen LogP contribution in [0.25, 0.3) is 0 Å². The molecule has 4 fully saturated rings. The van der Waals surface area contributed by atoms with Crippen molar-refractivity contribution in [2.24, 2.45) is 17.3 Å². The maximum Gasteiger partial charge on any atom is 1.00 e. The summed E-state index contributed by atoms with van der Waals surface area (Å²) in [5, 5.41) is -5.83. The first kappa shape index (κ1) is 30.8. The summed E-state index contributed by atoms with van der Waals surface area (Å²) in [5.74, 6) is -6.44. The summed E-state index contributed by atoms with van der Waals surface area (Å²) in [6, 6.07) is 0. The molecule has 0 N–H and O–H groups in total. The van der Waals surface area contributed by atoms with E-state index in [1.54, 1.807) is 20.8 Å². The maximum absolute atomic E-state index is 13.7. The fraction of sp³-hybridized carbons (Fsp3) is 0.905. The van der Waals surface area contributed by atoms with Crippen molar-refractivity contribution in [3.8, 4) is 0 Å². The van der Waals surface area contributed by atoms with Gasteiger partial charge in [0.25, 0.3) is 0 Å². The third-order valence-electron chi connectivity index (χ3n) is 6.75. The predicted molar refractivity (Wildman–Crippen MR) is 107 cm³/mol. The van der Waals surface area contributed by atoms with Crippen LogP contribution in [0, 0.1) is 17.3 Å². The third kappa shape index (κ3) is 6.51. The van der Waals surface area contributed by atoms with Gasteiger partial charge >= 0.3 is 52.7 Å². The van der Waals surface area contributed by atoms with Crippen molar-refractivity contribution in [1.29, 1.82) is 0 Å². The van der Waals surface area contributed by atoms with Crippen molar-refractivity contribution in [3.05, 3.63) is 0 Å². The van der Waals surface area contributed by atoms with Gasteiger partial charge < -0.3 is 18.8 Å². The van der Waals surface area contributed by atoms with Crippen molar-refractivity contribution in [3.63, 3.8) is 0 Å². The Kier molecular flexibility index (Phi) is 8.80. The Balaban J connectivity index is 0.00000432.